The second-order valence-corrected chi connectivity index (χ2v) is 10.1. The van der Waals surface area contributed by atoms with Gasteiger partial charge in [-0.1, -0.05) is 13.8 Å². The zero-order valence-corrected chi connectivity index (χ0v) is 19.6. The molecule has 3 aromatic rings. The van der Waals surface area contributed by atoms with Crippen LogP contribution in [0.4, 0.5) is 5.82 Å². The molecule has 2 aliphatic heterocycles. The average Bonchev–Trinajstić information content (AvgIpc) is 3.44. The molecule has 1 fully saturated rings. The van der Waals surface area contributed by atoms with Crippen molar-refractivity contribution in [2.45, 2.75) is 65.6 Å². The predicted molar refractivity (Wildman–Crippen MR) is 129 cm³/mol. The first-order valence-corrected chi connectivity index (χ1v) is 12.0. The molecule has 6 nitrogen and oxygen atoms in total. The fraction of sp³-hybridized carbons (Fsp3) is 0.500. The first-order chi connectivity index (χ1) is 15.0. The Balaban J connectivity index is 1.67. The minimum absolute atomic E-state index is 0.403. The predicted octanol–water partition coefficient (Wildman–Crippen LogP) is 5.23. The van der Waals surface area contributed by atoms with Crippen LogP contribution >= 0.6 is 11.3 Å². The quantitative estimate of drug-likeness (QED) is 0.385. The van der Waals surface area contributed by atoms with Crippen molar-refractivity contribution in [2.75, 3.05) is 13.1 Å². The highest BCUT2D eigenvalue weighted by molar-refractivity contribution is 7.19. The van der Waals surface area contributed by atoms with Crippen LogP contribution in [0.3, 0.4) is 0 Å². The van der Waals surface area contributed by atoms with Gasteiger partial charge in [-0.25, -0.2) is 9.98 Å². The highest BCUT2D eigenvalue weighted by Crippen LogP contribution is 2.47. The zero-order chi connectivity index (χ0) is 21.7. The number of nitrogens with one attached hydrogen (secondary N) is 2. The van der Waals surface area contributed by atoms with E-state index in [2.05, 4.69) is 41.0 Å². The minimum atomic E-state index is 0.403. The largest absolute Gasteiger partial charge is 0.387 e. The number of pyridine rings is 1. The van der Waals surface area contributed by atoms with Gasteiger partial charge in [-0.2, -0.15) is 0 Å². The van der Waals surface area contributed by atoms with Gasteiger partial charge < -0.3 is 20.8 Å². The minimum Gasteiger partial charge on any atom is -0.387 e. The van der Waals surface area contributed by atoms with Gasteiger partial charge in [0.25, 0.3) is 0 Å². The maximum absolute atomic E-state index is 5.82. The second kappa shape index (κ2) is 8.04. The number of aromatic amines is 1. The van der Waals surface area contributed by atoms with Crippen LogP contribution in [-0.2, 0) is 18.0 Å². The van der Waals surface area contributed by atoms with Crippen LogP contribution in [0.2, 0.25) is 0 Å². The molecule has 5 heterocycles. The number of hydrogen-bond acceptors (Lipinski definition) is 5. The third-order valence-corrected chi connectivity index (χ3v) is 7.94. The number of ether oxygens (including phenoxy) is 1. The van der Waals surface area contributed by atoms with Gasteiger partial charge in [0, 0.05) is 27.6 Å². The van der Waals surface area contributed by atoms with Crippen molar-refractivity contribution in [2.24, 2.45) is 10.7 Å². The molecule has 0 aliphatic carbocycles. The van der Waals surface area contributed by atoms with Gasteiger partial charge in [0.1, 0.15) is 4.83 Å². The number of nitrogens with zero attached hydrogens (tertiary/aromatic N) is 2. The molecule has 31 heavy (non-hydrogen) atoms. The molecule has 0 radical (unpaired) electrons. The molecule has 0 aromatic carbocycles. The van der Waals surface area contributed by atoms with Crippen molar-refractivity contribution in [1.29, 1.82) is 0 Å². The van der Waals surface area contributed by atoms with E-state index in [1.165, 1.54) is 45.4 Å². The molecule has 3 aromatic heterocycles. The standard InChI is InChI=1S/C24H31N5OS/c1-12(2)19-20-13(3)22(15-5-7-26-8-6-15)31-24(20)29-21(19)16-9-27-23(28-14(4)25)18-11-30-10-17(16)18/h9,12,15,26,29H,5-8,10-11H2,1-4H3,(H2,25,27,28). The molecule has 2 aliphatic rings. The van der Waals surface area contributed by atoms with Crippen molar-refractivity contribution in [3.05, 3.63) is 33.3 Å². The molecule has 0 unspecified atom stereocenters. The van der Waals surface area contributed by atoms with E-state index in [0.29, 0.717) is 36.7 Å². The van der Waals surface area contributed by atoms with E-state index in [9.17, 15) is 0 Å². The van der Waals surface area contributed by atoms with E-state index < -0.39 is 0 Å². The van der Waals surface area contributed by atoms with E-state index in [4.69, 9.17) is 10.5 Å². The number of aliphatic imine (C=N–C) groups is 1. The summed E-state index contributed by atoms with van der Waals surface area (Å²) in [5.41, 5.74) is 13.2. The van der Waals surface area contributed by atoms with Crippen LogP contribution < -0.4 is 11.1 Å². The van der Waals surface area contributed by atoms with Crippen molar-refractivity contribution in [1.82, 2.24) is 15.3 Å². The molecule has 1 saturated heterocycles. The molecule has 4 N–H and O–H groups in total. The van der Waals surface area contributed by atoms with Crippen LogP contribution in [0.5, 0.6) is 0 Å². The summed E-state index contributed by atoms with van der Waals surface area (Å²) in [6, 6.07) is 0. The summed E-state index contributed by atoms with van der Waals surface area (Å²) in [7, 11) is 0. The van der Waals surface area contributed by atoms with Gasteiger partial charge >= 0.3 is 0 Å². The van der Waals surface area contributed by atoms with Gasteiger partial charge in [-0.3, -0.25) is 0 Å². The second-order valence-electron chi connectivity index (χ2n) is 9.09. The van der Waals surface area contributed by atoms with E-state index in [0.717, 1.165) is 24.2 Å². The summed E-state index contributed by atoms with van der Waals surface area (Å²) in [4.78, 5) is 15.7. The van der Waals surface area contributed by atoms with Gasteiger partial charge in [-0.15, -0.1) is 11.3 Å². The Labute approximate surface area is 187 Å². The van der Waals surface area contributed by atoms with Crippen LogP contribution in [-0.4, -0.2) is 28.9 Å². The first-order valence-electron chi connectivity index (χ1n) is 11.2. The Morgan fingerprint density at radius 1 is 1.26 bits per heavy atom. The summed E-state index contributed by atoms with van der Waals surface area (Å²) >= 11 is 1.95. The van der Waals surface area contributed by atoms with E-state index in [1.54, 1.807) is 11.8 Å². The Hall–Kier alpha value is -2.22. The number of amidine groups is 1. The number of hydrogen-bond donors (Lipinski definition) is 3. The zero-order valence-electron chi connectivity index (χ0n) is 18.8. The molecular weight excluding hydrogens is 406 g/mol. The summed E-state index contributed by atoms with van der Waals surface area (Å²) in [5, 5.41) is 4.91. The highest BCUT2D eigenvalue weighted by atomic mass is 32.1. The number of piperidine rings is 1. The van der Waals surface area contributed by atoms with E-state index in [1.807, 2.05) is 17.5 Å². The lowest BCUT2D eigenvalue weighted by atomic mass is 9.90. The Morgan fingerprint density at radius 3 is 2.71 bits per heavy atom. The van der Waals surface area contributed by atoms with Gasteiger partial charge in [0.2, 0.25) is 0 Å². The summed E-state index contributed by atoms with van der Waals surface area (Å²) in [6.45, 7) is 12.0. The molecular formula is C24H31N5OS. The molecule has 0 atom stereocenters. The number of thiophene rings is 1. The molecule has 0 amide bonds. The lowest BCUT2D eigenvalue weighted by Gasteiger charge is -2.22. The third-order valence-electron chi connectivity index (χ3n) is 6.57. The summed E-state index contributed by atoms with van der Waals surface area (Å²) in [5.74, 6) is 2.27. The van der Waals surface area contributed by atoms with Crippen molar-refractivity contribution in [3.8, 4) is 11.3 Å². The van der Waals surface area contributed by atoms with Crippen LogP contribution in [0.25, 0.3) is 21.5 Å². The number of fused-ring (bicyclic) bond motifs is 2. The van der Waals surface area contributed by atoms with Gasteiger partial charge in [0.15, 0.2) is 5.82 Å². The van der Waals surface area contributed by atoms with Crippen molar-refractivity contribution >= 4 is 33.2 Å². The van der Waals surface area contributed by atoms with E-state index >= 15 is 0 Å². The molecule has 164 valence electrons. The van der Waals surface area contributed by atoms with E-state index in [-0.39, 0.29) is 0 Å². The number of aryl methyl sites for hydroxylation is 1. The highest BCUT2D eigenvalue weighted by Gasteiger charge is 2.28. The fourth-order valence-corrected chi connectivity index (χ4v) is 6.54. The molecule has 0 bridgehead atoms. The van der Waals surface area contributed by atoms with Crippen LogP contribution in [0, 0.1) is 6.92 Å². The SMILES string of the molecule is CC(N)=Nc1ncc(-c2[nH]c3sc(C4CCNCC4)c(C)c3c2C(C)C)c2c1COC2. The molecule has 0 spiro atoms. The lowest BCUT2D eigenvalue weighted by Crippen LogP contribution is -2.26. The normalized spacial score (nSPS) is 17.8. The molecule has 5 rings (SSSR count). The average molecular weight is 438 g/mol. The van der Waals surface area contributed by atoms with Gasteiger partial charge in [-0.05, 0) is 68.3 Å². The molecule has 0 saturated carbocycles. The van der Waals surface area contributed by atoms with Crippen LogP contribution in [0.1, 0.15) is 72.6 Å². The topological polar surface area (TPSA) is 88.3 Å². The lowest BCUT2D eigenvalue weighted by molar-refractivity contribution is 0.135. The first kappa shape index (κ1) is 20.7. The number of rotatable bonds is 4. The number of aromatic nitrogens is 2. The van der Waals surface area contributed by atoms with Crippen molar-refractivity contribution in [3.63, 3.8) is 0 Å². The maximum Gasteiger partial charge on any atom is 0.159 e. The van der Waals surface area contributed by atoms with Crippen LogP contribution in [0.15, 0.2) is 11.2 Å². The smallest absolute Gasteiger partial charge is 0.159 e. The Kier molecular flexibility index (Phi) is 5.36. The fourth-order valence-electron chi connectivity index (χ4n) is 5.14. The third kappa shape index (κ3) is 3.49. The van der Waals surface area contributed by atoms with Crippen molar-refractivity contribution < 1.29 is 4.74 Å². The number of nitrogens with two attached hydrogens (primary N) is 1. The summed E-state index contributed by atoms with van der Waals surface area (Å²) in [6.07, 6.45) is 4.40. The monoisotopic (exact) mass is 437 g/mol. The number of H-pyrrole nitrogens is 1. The molecule has 7 heteroatoms. The summed E-state index contributed by atoms with van der Waals surface area (Å²) < 4.78 is 5.81. The maximum atomic E-state index is 5.82. The Bertz CT molecular complexity index is 1160. The van der Waals surface area contributed by atoms with Gasteiger partial charge in [0.05, 0.1) is 24.7 Å². The Morgan fingerprint density at radius 2 is 2.00 bits per heavy atom.